The molecule has 3 atom stereocenters. The van der Waals surface area contributed by atoms with Crippen molar-refractivity contribution in [3.8, 4) is 0 Å². The molecule has 1 rings (SSSR count). The Morgan fingerprint density at radius 2 is 2.17 bits per heavy atom. The van der Waals surface area contributed by atoms with Crippen LogP contribution in [0.25, 0.3) is 0 Å². The fraction of sp³-hybridized carbons (Fsp3) is 0.684. The summed E-state index contributed by atoms with van der Waals surface area (Å²) in [7, 11) is 0. The summed E-state index contributed by atoms with van der Waals surface area (Å²) >= 11 is 0. The van der Waals surface area contributed by atoms with Gasteiger partial charge < -0.3 is 11.5 Å². The van der Waals surface area contributed by atoms with Crippen molar-refractivity contribution < 1.29 is 4.79 Å². The first kappa shape index (κ1) is 19.6. The van der Waals surface area contributed by atoms with E-state index in [2.05, 4.69) is 38.9 Å². The highest BCUT2D eigenvalue weighted by molar-refractivity contribution is 5.74. The van der Waals surface area contributed by atoms with Crippen LogP contribution in [0.2, 0.25) is 0 Å². The van der Waals surface area contributed by atoms with Gasteiger partial charge in [0.05, 0.1) is 6.04 Å². The number of hydrogen-bond acceptors (Lipinski definition) is 3. The Labute approximate surface area is 141 Å². The molecule has 0 bridgehead atoms. The van der Waals surface area contributed by atoms with E-state index in [9.17, 15) is 4.79 Å². The first-order valence-electron chi connectivity index (χ1n) is 8.49. The average Bonchev–Trinajstić information content (AvgIpc) is 2.50. The van der Waals surface area contributed by atoms with Crippen LogP contribution in [-0.4, -0.2) is 23.7 Å². The van der Waals surface area contributed by atoms with E-state index < -0.39 is 5.54 Å². The van der Waals surface area contributed by atoms with E-state index in [4.69, 9.17) is 11.5 Å². The number of nitrogens with zero attached hydrogens (tertiary/aromatic N) is 1. The molecule has 0 aromatic heterocycles. The zero-order chi connectivity index (χ0) is 17.7. The molecular formula is C19H33N3O. The molecule has 0 heterocycles. The second-order valence-corrected chi connectivity index (χ2v) is 7.90. The monoisotopic (exact) mass is 319 g/mol. The first-order valence-corrected chi connectivity index (χ1v) is 8.49. The number of hydrogen-bond donors (Lipinski definition) is 2. The van der Waals surface area contributed by atoms with Gasteiger partial charge in [0.25, 0.3) is 0 Å². The van der Waals surface area contributed by atoms with Gasteiger partial charge in [0.15, 0.2) is 0 Å². The van der Waals surface area contributed by atoms with Crippen LogP contribution < -0.4 is 11.5 Å². The number of amides is 1. The highest BCUT2D eigenvalue weighted by atomic mass is 16.1. The lowest BCUT2D eigenvalue weighted by molar-refractivity contribution is -0.120. The van der Waals surface area contributed by atoms with Gasteiger partial charge in [-0.25, -0.2) is 0 Å². The highest BCUT2D eigenvalue weighted by Crippen LogP contribution is 2.40. The zero-order valence-corrected chi connectivity index (χ0v) is 15.0. The Hall–Kier alpha value is -1.42. The number of aliphatic imine (C=N–C) groups is 1. The van der Waals surface area contributed by atoms with E-state index >= 15 is 0 Å². The van der Waals surface area contributed by atoms with E-state index in [1.807, 2.05) is 0 Å². The Kier molecular flexibility index (Phi) is 6.75. The fourth-order valence-electron chi connectivity index (χ4n) is 3.68. The topological polar surface area (TPSA) is 81.5 Å². The lowest BCUT2D eigenvalue weighted by Crippen LogP contribution is -2.53. The van der Waals surface area contributed by atoms with Gasteiger partial charge >= 0.3 is 0 Å². The molecule has 0 saturated heterocycles. The predicted octanol–water partition coefficient (Wildman–Crippen LogP) is 3.37. The van der Waals surface area contributed by atoms with Crippen molar-refractivity contribution in [3.63, 3.8) is 0 Å². The van der Waals surface area contributed by atoms with Crippen molar-refractivity contribution in [1.82, 2.24) is 0 Å². The van der Waals surface area contributed by atoms with Crippen LogP contribution in [0.15, 0.2) is 29.8 Å². The molecular weight excluding hydrogens is 286 g/mol. The van der Waals surface area contributed by atoms with Crippen molar-refractivity contribution in [3.05, 3.63) is 24.8 Å². The van der Waals surface area contributed by atoms with Crippen molar-refractivity contribution in [2.24, 2.45) is 27.8 Å². The number of rotatable bonds is 7. The Bertz CT molecular complexity index is 477. The van der Waals surface area contributed by atoms with Gasteiger partial charge in [0.2, 0.25) is 5.91 Å². The minimum Gasteiger partial charge on any atom is -0.370 e. The molecule has 0 aliphatic heterocycles. The van der Waals surface area contributed by atoms with E-state index in [1.54, 1.807) is 12.3 Å². The normalized spacial score (nSPS) is 29.5. The lowest BCUT2D eigenvalue weighted by atomic mass is 9.72. The van der Waals surface area contributed by atoms with Crippen LogP contribution in [0.1, 0.15) is 59.3 Å². The second-order valence-electron chi connectivity index (χ2n) is 7.90. The highest BCUT2D eigenvalue weighted by Gasteiger charge is 2.41. The number of allylic oxidation sites excluding steroid dienone is 1. The van der Waals surface area contributed by atoms with E-state index in [0.717, 1.165) is 37.7 Å². The molecule has 4 nitrogen and oxygen atoms in total. The Balaban J connectivity index is 2.88. The van der Waals surface area contributed by atoms with Gasteiger partial charge in [0, 0.05) is 18.2 Å². The molecule has 1 aliphatic carbocycles. The molecule has 2 unspecified atom stereocenters. The quantitative estimate of drug-likeness (QED) is 0.428. The van der Waals surface area contributed by atoms with Crippen molar-refractivity contribution in [1.29, 1.82) is 0 Å². The third-order valence-corrected chi connectivity index (χ3v) is 5.07. The maximum atomic E-state index is 11.2. The van der Waals surface area contributed by atoms with Crippen molar-refractivity contribution in [2.45, 2.75) is 70.9 Å². The average molecular weight is 319 g/mol. The number of carbonyl (C=O) groups excluding carboxylic acids is 1. The Morgan fingerprint density at radius 1 is 1.52 bits per heavy atom. The summed E-state index contributed by atoms with van der Waals surface area (Å²) in [6.07, 6.45) is 8.84. The molecule has 23 heavy (non-hydrogen) atoms. The molecule has 0 spiro atoms. The van der Waals surface area contributed by atoms with Crippen molar-refractivity contribution >= 4 is 12.1 Å². The van der Waals surface area contributed by atoms with Gasteiger partial charge in [-0.2, -0.15) is 0 Å². The van der Waals surface area contributed by atoms with Crippen LogP contribution in [0.5, 0.6) is 0 Å². The summed E-state index contributed by atoms with van der Waals surface area (Å²) in [5, 5.41) is 0. The molecule has 0 aromatic carbocycles. The molecule has 1 amide bonds. The third kappa shape index (κ3) is 5.61. The molecule has 4 N–H and O–H groups in total. The summed E-state index contributed by atoms with van der Waals surface area (Å²) in [6.45, 7) is 14.2. The maximum Gasteiger partial charge on any atom is 0.217 e. The molecule has 0 radical (unpaired) electrons. The van der Waals surface area contributed by atoms with E-state index in [1.165, 1.54) is 0 Å². The number of nitrogens with two attached hydrogens (primary N) is 2. The molecule has 1 saturated carbocycles. The third-order valence-electron chi connectivity index (χ3n) is 5.07. The summed E-state index contributed by atoms with van der Waals surface area (Å²) in [5.41, 5.74) is 12.7. The van der Waals surface area contributed by atoms with Gasteiger partial charge in [0.1, 0.15) is 0 Å². The first-order chi connectivity index (χ1) is 10.6. The van der Waals surface area contributed by atoms with Crippen molar-refractivity contribution in [2.75, 3.05) is 0 Å². The summed E-state index contributed by atoms with van der Waals surface area (Å²) in [5.74, 6) is 0.106. The van der Waals surface area contributed by atoms with E-state index in [-0.39, 0.29) is 17.4 Å². The standard InChI is InChI=1S/C19H33N3O/c1-6-12-22-17-14(2)8-7-9-15(19(17,5)21)10-11-18(3,4)13-16(20)23/h6,12,15,17H,1-2,7-11,13,21H2,3-5H3,(H2,20,23)/b22-12-/t15?,17-,19?/m0/s1. The SMILES string of the molecule is C=C/C=N\[C@H]1C(=C)CCCC(CCC(C)(C)CC(N)=O)C1(C)N. The summed E-state index contributed by atoms with van der Waals surface area (Å²) in [6, 6.07) is -0.0766. The molecule has 130 valence electrons. The van der Waals surface area contributed by atoms with Crippen LogP contribution >= 0.6 is 0 Å². The van der Waals surface area contributed by atoms with Crippen LogP contribution in [0.3, 0.4) is 0 Å². The van der Waals surface area contributed by atoms with Crippen LogP contribution in [-0.2, 0) is 4.79 Å². The molecule has 1 aliphatic rings. The molecule has 1 fully saturated rings. The fourth-order valence-corrected chi connectivity index (χ4v) is 3.68. The minimum atomic E-state index is -0.435. The van der Waals surface area contributed by atoms with Gasteiger partial charge in [-0.05, 0) is 50.4 Å². The van der Waals surface area contributed by atoms with Gasteiger partial charge in [-0.3, -0.25) is 9.79 Å². The molecule has 0 aromatic rings. The van der Waals surface area contributed by atoms with Crippen LogP contribution in [0, 0.1) is 11.3 Å². The second kappa shape index (κ2) is 7.91. The smallest absolute Gasteiger partial charge is 0.217 e. The van der Waals surface area contributed by atoms with Crippen LogP contribution in [0.4, 0.5) is 0 Å². The summed E-state index contributed by atoms with van der Waals surface area (Å²) in [4.78, 5) is 15.8. The largest absolute Gasteiger partial charge is 0.370 e. The maximum absolute atomic E-state index is 11.2. The van der Waals surface area contributed by atoms with Gasteiger partial charge in [-0.1, -0.05) is 38.7 Å². The Morgan fingerprint density at radius 3 is 2.74 bits per heavy atom. The van der Waals surface area contributed by atoms with E-state index in [0.29, 0.717) is 12.3 Å². The number of carbonyl (C=O) groups is 1. The zero-order valence-electron chi connectivity index (χ0n) is 15.0. The predicted molar refractivity (Wildman–Crippen MR) is 98.4 cm³/mol. The molecule has 4 heteroatoms. The lowest BCUT2D eigenvalue weighted by Gasteiger charge is -2.39. The number of primary amides is 1. The van der Waals surface area contributed by atoms with Gasteiger partial charge in [-0.15, -0.1) is 0 Å². The minimum absolute atomic E-state index is 0.0766. The summed E-state index contributed by atoms with van der Waals surface area (Å²) < 4.78 is 0.